The fourth-order valence-electron chi connectivity index (χ4n) is 1.23. The minimum absolute atomic E-state index is 0.647. The van der Waals surface area contributed by atoms with E-state index in [2.05, 4.69) is 29.8 Å². The molecule has 0 aliphatic heterocycles. The summed E-state index contributed by atoms with van der Waals surface area (Å²) in [5.41, 5.74) is 2.40. The Labute approximate surface area is 98.5 Å². The molecule has 3 heteroatoms. The summed E-state index contributed by atoms with van der Waals surface area (Å²) in [4.78, 5) is 0. The van der Waals surface area contributed by atoms with E-state index < -0.39 is 0 Å². The highest BCUT2D eigenvalue weighted by Gasteiger charge is 2.02. The maximum absolute atomic E-state index is 5.57. The normalized spacial score (nSPS) is 10.3. The van der Waals surface area contributed by atoms with Crippen LogP contribution >= 0.6 is 27.5 Å². The highest BCUT2D eigenvalue weighted by Crippen LogP contribution is 2.26. The average Bonchev–Trinajstić information content (AvgIpc) is 2.14. The van der Waals surface area contributed by atoms with Crippen LogP contribution in [-0.2, 0) is 0 Å². The molecule has 14 heavy (non-hydrogen) atoms. The standard InChI is InChI=1S/C11H14BrClO/c1-8-6-10(14-5-3-4-13)7-9(2)11(8)12/h6-7H,3-5H2,1-2H3. The minimum atomic E-state index is 0.647. The Morgan fingerprint density at radius 2 is 1.86 bits per heavy atom. The summed E-state index contributed by atoms with van der Waals surface area (Å²) in [6, 6.07) is 4.07. The molecular weight excluding hydrogens is 263 g/mol. The summed E-state index contributed by atoms with van der Waals surface area (Å²) in [6.45, 7) is 4.81. The van der Waals surface area contributed by atoms with Crippen molar-refractivity contribution >= 4 is 27.5 Å². The zero-order valence-corrected chi connectivity index (χ0v) is 10.8. The molecule has 1 aromatic rings. The van der Waals surface area contributed by atoms with Crippen LogP contribution in [-0.4, -0.2) is 12.5 Å². The molecule has 0 bridgehead atoms. The Hall–Kier alpha value is -0.210. The molecule has 0 aliphatic rings. The lowest BCUT2D eigenvalue weighted by Gasteiger charge is -2.09. The molecular formula is C11H14BrClO. The monoisotopic (exact) mass is 276 g/mol. The van der Waals surface area contributed by atoms with E-state index >= 15 is 0 Å². The number of hydrogen-bond acceptors (Lipinski definition) is 1. The Bertz CT molecular complexity index is 289. The molecule has 78 valence electrons. The number of hydrogen-bond donors (Lipinski definition) is 0. The van der Waals surface area contributed by atoms with Crippen molar-refractivity contribution < 1.29 is 4.74 Å². The molecule has 0 aromatic heterocycles. The van der Waals surface area contributed by atoms with Gasteiger partial charge in [0.05, 0.1) is 6.61 Å². The minimum Gasteiger partial charge on any atom is -0.494 e. The zero-order chi connectivity index (χ0) is 10.6. The first kappa shape index (κ1) is 11.9. The first-order chi connectivity index (χ1) is 6.65. The van der Waals surface area contributed by atoms with Crippen molar-refractivity contribution in [3.8, 4) is 5.75 Å². The predicted octanol–water partition coefficient (Wildman–Crippen LogP) is 4.07. The van der Waals surface area contributed by atoms with Gasteiger partial charge in [-0.25, -0.2) is 0 Å². The van der Waals surface area contributed by atoms with Gasteiger partial charge in [-0.1, -0.05) is 15.9 Å². The topological polar surface area (TPSA) is 9.23 Å². The molecule has 1 rings (SSSR count). The fourth-order valence-corrected chi connectivity index (χ4v) is 1.57. The molecule has 0 fully saturated rings. The van der Waals surface area contributed by atoms with E-state index in [1.54, 1.807) is 0 Å². The number of benzene rings is 1. The van der Waals surface area contributed by atoms with Crippen molar-refractivity contribution in [1.29, 1.82) is 0 Å². The first-order valence-corrected chi connectivity index (χ1v) is 5.93. The number of ether oxygens (including phenoxy) is 1. The summed E-state index contributed by atoms with van der Waals surface area (Å²) in [5, 5.41) is 0. The van der Waals surface area contributed by atoms with Crippen LogP contribution in [0, 0.1) is 13.8 Å². The van der Waals surface area contributed by atoms with Crippen LogP contribution in [0.2, 0.25) is 0 Å². The first-order valence-electron chi connectivity index (χ1n) is 4.60. The Morgan fingerprint density at radius 1 is 1.29 bits per heavy atom. The summed E-state index contributed by atoms with van der Waals surface area (Å²) < 4.78 is 6.71. The van der Waals surface area contributed by atoms with E-state index in [1.165, 1.54) is 11.1 Å². The second kappa shape index (κ2) is 5.62. The van der Waals surface area contributed by atoms with Crippen molar-refractivity contribution in [2.75, 3.05) is 12.5 Å². The van der Waals surface area contributed by atoms with Gasteiger partial charge in [-0.3, -0.25) is 0 Å². The molecule has 0 aliphatic carbocycles. The van der Waals surface area contributed by atoms with Gasteiger partial charge >= 0.3 is 0 Å². The van der Waals surface area contributed by atoms with Gasteiger partial charge in [0.15, 0.2) is 0 Å². The third-order valence-corrected chi connectivity index (χ3v) is 3.47. The molecule has 0 unspecified atom stereocenters. The van der Waals surface area contributed by atoms with Gasteiger partial charge in [-0.05, 0) is 43.5 Å². The van der Waals surface area contributed by atoms with E-state index in [9.17, 15) is 0 Å². The highest BCUT2D eigenvalue weighted by atomic mass is 79.9. The van der Waals surface area contributed by atoms with Crippen LogP contribution in [0.15, 0.2) is 16.6 Å². The Kier molecular flexibility index (Phi) is 4.76. The Morgan fingerprint density at radius 3 is 2.36 bits per heavy atom. The molecule has 1 aromatic carbocycles. The van der Waals surface area contributed by atoms with Crippen molar-refractivity contribution in [1.82, 2.24) is 0 Å². The maximum atomic E-state index is 5.57. The third kappa shape index (κ3) is 3.18. The van der Waals surface area contributed by atoms with Crippen molar-refractivity contribution in [2.24, 2.45) is 0 Å². The lowest BCUT2D eigenvalue weighted by molar-refractivity contribution is 0.318. The molecule has 0 atom stereocenters. The largest absolute Gasteiger partial charge is 0.494 e. The lowest BCUT2D eigenvalue weighted by Crippen LogP contribution is -1.98. The van der Waals surface area contributed by atoms with Crippen LogP contribution in [0.1, 0.15) is 17.5 Å². The molecule has 0 amide bonds. The predicted molar refractivity (Wildman–Crippen MR) is 64.4 cm³/mol. The highest BCUT2D eigenvalue weighted by molar-refractivity contribution is 9.10. The Balaban J connectivity index is 2.69. The van der Waals surface area contributed by atoms with Crippen molar-refractivity contribution in [2.45, 2.75) is 20.3 Å². The number of rotatable bonds is 4. The molecule has 0 saturated heterocycles. The van der Waals surface area contributed by atoms with E-state index in [1.807, 2.05) is 12.1 Å². The smallest absolute Gasteiger partial charge is 0.119 e. The molecule has 0 saturated carbocycles. The molecule has 0 spiro atoms. The molecule has 0 radical (unpaired) electrons. The summed E-state index contributed by atoms with van der Waals surface area (Å²) >= 11 is 9.09. The van der Waals surface area contributed by atoms with Crippen LogP contribution < -0.4 is 4.74 Å². The molecule has 0 N–H and O–H groups in total. The van der Waals surface area contributed by atoms with Gasteiger partial charge in [0.25, 0.3) is 0 Å². The zero-order valence-electron chi connectivity index (χ0n) is 8.44. The van der Waals surface area contributed by atoms with Crippen LogP contribution in [0.5, 0.6) is 5.75 Å². The maximum Gasteiger partial charge on any atom is 0.119 e. The summed E-state index contributed by atoms with van der Waals surface area (Å²) in [7, 11) is 0. The van der Waals surface area contributed by atoms with Gasteiger partial charge in [-0.15, -0.1) is 11.6 Å². The van der Waals surface area contributed by atoms with E-state index in [0.29, 0.717) is 12.5 Å². The van der Waals surface area contributed by atoms with Crippen molar-refractivity contribution in [3.63, 3.8) is 0 Å². The fraction of sp³-hybridized carbons (Fsp3) is 0.455. The third-order valence-electron chi connectivity index (χ3n) is 1.96. The van der Waals surface area contributed by atoms with Gasteiger partial charge in [0.1, 0.15) is 5.75 Å². The van der Waals surface area contributed by atoms with Crippen molar-refractivity contribution in [3.05, 3.63) is 27.7 Å². The van der Waals surface area contributed by atoms with E-state index in [0.717, 1.165) is 16.6 Å². The summed E-state index contributed by atoms with van der Waals surface area (Å²) in [6.07, 6.45) is 0.885. The van der Waals surface area contributed by atoms with E-state index in [-0.39, 0.29) is 0 Å². The van der Waals surface area contributed by atoms with Gasteiger partial charge in [0.2, 0.25) is 0 Å². The van der Waals surface area contributed by atoms with Crippen LogP contribution in [0.3, 0.4) is 0 Å². The van der Waals surface area contributed by atoms with Gasteiger partial charge < -0.3 is 4.74 Å². The number of halogens is 2. The van der Waals surface area contributed by atoms with Crippen LogP contribution in [0.25, 0.3) is 0 Å². The summed E-state index contributed by atoms with van der Waals surface area (Å²) in [5.74, 6) is 1.57. The molecule has 0 heterocycles. The lowest BCUT2D eigenvalue weighted by atomic mass is 10.1. The second-order valence-electron chi connectivity index (χ2n) is 3.26. The number of aryl methyl sites for hydroxylation is 2. The van der Waals surface area contributed by atoms with Gasteiger partial charge in [0, 0.05) is 10.4 Å². The average molecular weight is 278 g/mol. The quantitative estimate of drug-likeness (QED) is 0.595. The van der Waals surface area contributed by atoms with Crippen LogP contribution in [0.4, 0.5) is 0 Å². The molecule has 1 nitrogen and oxygen atoms in total. The van der Waals surface area contributed by atoms with E-state index in [4.69, 9.17) is 16.3 Å². The second-order valence-corrected chi connectivity index (χ2v) is 4.43. The number of alkyl halides is 1. The van der Waals surface area contributed by atoms with Gasteiger partial charge in [-0.2, -0.15) is 0 Å². The SMILES string of the molecule is Cc1cc(OCCCCl)cc(C)c1Br.